The molecule has 104 valence electrons. The number of thioether (sulfide) groups is 2. The molecule has 0 bridgehead atoms. The first kappa shape index (κ1) is 17.1. The maximum Gasteiger partial charge on any atom is 0.326 e. The largest absolute Gasteiger partial charge is 0.480 e. The van der Waals surface area contributed by atoms with Crippen LogP contribution in [0.3, 0.4) is 0 Å². The van der Waals surface area contributed by atoms with Crippen molar-refractivity contribution in [3.63, 3.8) is 0 Å². The lowest BCUT2D eigenvalue weighted by Crippen LogP contribution is -2.41. The van der Waals surface area contributed by atoms with E-state index < -0.39 is 17.9 Å². The minimum absolute atomic E-state index is 0.169. The molecule has 0 radical (unpaired) electrons. The zero-order chi connectivity index (χ0) is 14.0. The van der Waals surface area contributed by atoms with Crippen LogP contribution in [0.1, 0.15) is 12.8 Å². The molecule has 0 heterocycles. The van der Waals surface area contributed by atoms with E-state index in [1.54, 1.807) is 0 Å². The van der Waals surface area contributed by atoms with Crippen LogP contribution in [0.4, 0.5) is 0 Å². The number of primary amides is 1. The number of carbonyl (C=O) groups excluding carboxylic acids is 2. The van der Waals surface area contributed by atoms with E-state index in [-0.39, 0.29) is 18.1 Å². The number of nitrogens with one attached hydrogen (secondary N) is 1. The van der Waals surface area contributed by atoms with Crippen LogP contribution in [0.25, 0.3) is 0 Å². The highest BCUT2D eigenvalue weighted by Crippen LogP contribution is 2.04. The van der Waals surface area contributed by atoms with Crippen molar-refractivity contribution in [1.29, 1.82) is 0 Å². The van der Waals surface area contributed by atoms with E-state index >= 15 is 0 Å². The second-order valence-electron chi connectivity index (χ2n) is 3.51. The monoisotopic (exact) mass is 294 g/mol. The predicted octanol–water partition coefficient (Wildman–Crippen LogP) is -0.0825. The van der Waals surface area contributed by atoms with E-state index in [0.717, 1.165) is 0 Å². The topological polar surface area (TPSA) is 109 Å². The van der Waals surface area contributed by atoms with Crippen molar-refractivity contribution in [2.75, 3.05) is 23.5 Å². The number of amides is 2. The number of carboxylic acid groups (broad SMARTS) is 1. The van der Waals surface area contributed by atoms with E-state index in [0.29, 0.717) is 17.9 Å². The number of nitrogens with two attached hydrogens (primary N) is 1. The molecule has 0 fully saturated rings. The van der Waals surface area contributed by atoms with E-state index in [1.807, 2.05) is 6.26 Å². The number of rotatable bonds is 10. The van der Waals surface area contributed by atoms with Gasteiger partial charge in [-0.3, -0.25) is 9.59 Å². The van der Waals surface area contributed by atoms with Gasteiger partial charge >= 0.3 is 5.97 Å². The molecule has 0 aliphatic heterocycles. The van der Waals surface area contributed by atoms with Crippen molar-refractivity contribution in [2.45, 2.75) is 18.9 Å². The molecule has 0 aromatic rings. The third kappa shape index (κ3) is 9.17. The lowest BCUT2D eigenvalue weighted by atomic mass is 10.2. The number of carbonyl (C=O) groups is 3. The zero-order valence-corrected chi connectivity index (χ0v) is 11.8. The second kappa shape index (κ2) is 10.1. The van der Waals surface area contributed by atoms with Crippen molar-refractivity contribution < 1.29 is 19.5 Å². The van der Waals surface area contributed by atoms with Crippen LogP contribution < -0.4 is 11.1 Å². The Kier molecular flexibility index (Phi) is 9.57. The highest BCUT2D eigenvalue weighted by atomic mass is 32.2. The van der Waals surface area contributed by atoms with Gasteiger partial charge in [-0.25, -0.2) is 4.79 Å². The summed E-state index contributed by atoms with van der Waals surface area (Å²) in [6, 6.07) is -0.842. The Labute approximate surface area is 114 Å². The van der Waals surface area contributed by atoms with Crippen molar-refractivity contribution in [1.82, 2.24) is 5.32 Å². The Morgan fingerprint density at radius 3 is 2.50 bits per heavy atom. The maximum absolute atomic E-state index is 11.5. The first-order valence-corrected chi connectivity index (χ1v) is 7.89. The summed E-state index contributed by atoms with van der Waals surface area (Å²) in [5.41, 5.74) is 4.94. The number of carboxylic acids is 1. The molecule has 0 saturated heterocycles. The van der Waals surface area contributed by atoms with Crippen LogP contribution in [0.5, 0.6) is 0 Å². The van der Waals surface area contributed by atoms with Crippen molar-refractivity contribution in [3.8, 4) is 0 Å². The van der Waals surface area contributed by atoms with Gasteiger partial charge in [0.15, 0.2) is 0 Å². The predicted molar refractivity (Wildman–Crippen MR) is 73.7 cm³/mol. The molecule has 0 aromatic carbocycles. The normalized spacial score (nSPS) is 11.8. The van der Waals surface area contributed by atoms with Crippen molar-refractivity contribution in [3.05, 3.63) is 0 Å². The first-order chi connectivity index (χ1) is 8.47. The quantitative estimate of drug-likeness (QED) is 0.486. The Morgan fingerprint density at radius 2 is 2.00 bits per heavy atom. The summed E-state index contributed by atoms with van der Waals surface area (Å²) in [6.45, 7) is 0. The maximum atomic E-state index is 11.5. The Balaban J connectivity index is 3.87. The number of hydrogen-bond donors (Lipinski definition) is 3. The van der Waals surface area contributed by atoms with E-state index in [4.69, 9.17) is 10.8 Å². The smallest absolute Gasteiger partial charge is 0.326 e. The molecule has 0 aliphatic carbocycles. The molecule has 4 N–H and O–H groups in total. The molecule has 6 nitrogen and oxygen atoms in total. The van der Waals surface area contributed by atoms with Crippen LogP contribution in [0, 0.1) is 0 Å². The minimum atomic E-state index is -1.03. The average molecular weight is 294 g/mol. The molecule has 18 heavy (non-hydrogen) atoms. The minimum Gasteiger partial charge on any atom is -0.480 e. The Bertz CT molecular complexity index is 300. The zero-order valence-electron chi connectivity index (χ0n) is 10.2. The fraction of sp³-hybridized carbons (Fsp3) is 0.700. The molecule has 2 amide bonds. The molecule has 0 aromatic heterocycles. The van der Waals surface area contributed by atoms with Gasteiger partial charge in [0, 0.05) is 12.2 Å². The highest BCUT2D eigenvalue weighted by molar-refractivity contribution is 7.99. The fourth-order valence-electron chi connectivity index (χ4n) is 1.10. The molecule has 0 spiro atoms. The van der Waals surface area contributed by atoms with Gasteiger partial charge in [0.05, 0.1) is 5.75 Å². The number of hydrogen-bond acceptors (Lipinski definition) is 5. The molecule has 0 aliphatic rings. The molecule has 0 rings (SSSR count). The summed E-state index contributed by atoms with van der Waals surface area (Å²) in [5.74, 6) is -0.481. The lowest BCUT2D eigenvalue weighted by Gasteiger charge is -2.13. The molecule has 0 unspecified atom stereocenters. The summed E-state index contributed by atoms with van der Waals surface area (Å²) >= 11 is 2.79. The van der Waals surface area contributed by atoms with Gasteiger partial charge in [0.25, 0.3) is 0 Å². The third-order valence-corrected chi connectivity index (χ3v) is 3.59. The summed E-state index contributed by atoms with van der Waals surface area (Å²) in [6.07, 6.45) is 2.46. The molecule has 1 atom stereocenters. The number of aliphatic carboxylic acids is 1. The van der Waals surface area contributed by atoms with Crippen LogP contribution >= 0.6 is 23.5 Å². The van der Waals surface area contributed by atoms with Crippen LogP contribution in [-0.4, -0.2) is 52.4 Å². The van der Waals surface area contributed by atoms with E-state index in [1.165, 1.54) is 23.5 Å². The summed E-state index contributed by atoms with van der Waals surface area (Å²) in [5, 5.41) is 11.4. The molecule has 0 saturated carbocycles. The molecular weight excluding hydrogens is 276 g/mol. The highest BCUT2D eigenvalue weighted by Gasteiger charge is 2.18. The lowest BCUT2D eigenvalue weighted by molar-refractivity contribution is -0.141. The van der Waals surface area contributed by atoms with Gasteiger partial charge in [0.2, 0.25) is 11.8 Å². The first-order valence-electron chi connectivity index (χ1n) is 5.34. The van der Waals surface area contributed by atoms with Crippen LogP contribution in [-0.2, 0) is 14.4 Å². The van der Waals surface area contributed by atoms with Gasteiger partial charge in [-0.2, -0.15) is 23.5 Å². The van der Waals surface area contributed by atoms with Crippen LogP contribution in [0.2, 0.25) is 0 Å². The van der Waals surface area contributed by atoms with Gasteiger partial charge in [-0.15, -0.1) is 0 Å². The Morgan fingerprint density at radius 1 is 1.33 bits per heavy atom. The fourth-order valence-corrected chi connectivity index (χ4v) is 2.24. The third-order valence-electron chi connectivity index (χ3n) is 1.96. The summed E-state index contributed by atoms with van der Waals surface area (Å²) in [4.78, 5) is 32.8. The van der Waals surface area contributed by atoms with E-state index in [9.17, 15) is 14.4 Å². The molecular formula is C10H18N2O4S2. The average Bonchev–Trinajstić information content (AvgIpc) is 2.29. The Hall–Kier alpha value is -0.890. The van der Waals surface area contributed by atoms with Gasteiger partial charge in [-0.1, -0.05) is 0 Å². The van der Waals surface area contributed by atoms with Crippen LogP contribution in [0.15, 0.2) is 0 Å². The van der Waals surface area contributed by atoms with Gasteiger partial charge < -0.3 is 16.2 Å². The van der Waals surface area contributed by atoms with Gasteiger partial charge in [0.1, 0.15) is 6.04 Å². The molecule has 8 heteroatoms. The SMILES string of the molecule is CSCC[C@H](NC(=O)CCSCC(N)=O)C(=O)O. The van der Waals surface area contributed by atoms with Crippen molar-refractivity contribution in [2.24, 2.45) is 5.73 Å². The standard InChI is InChI=1S/C10H18N2O4S2/c1-17-4-2-7(10(15)16)12-9(14)3-5-18-6-8(11)13/h7H,2-6H2,1H3,(H2,11,13)(H,12,14)(H,15,16)/t7-/m0/s1. The summed E-state index contributed by atoms with van der Waals surface area (Å²) < 4.78 is 0. The van der Waals surface area contributed by atoms with Gasteiger partial charge in [-0.05, 0) is 18.4 Å². The van der Waals surface area contributed by atoms with Crippen molar-refractivity contribution >= 4 is 41.3 Å². The summed E-state index contributed by atoms with van der Waals surface area (Å²) in [7, 11) is 0. The van der Waals surface area contributed by atoms with E-state index in [2.05, 4.69) is 5.32 Å². The second-order valence-corrected chi connectivity index (χ2v) is 5.60.